The monoisotopic (exact) mass is 323 g/mol. The zero-order chi connectivity index (χ0) is 14.7. The van der Waals surface area contributed by atoms with Gasteiger partial charge >= 0.3 is 0 Å². The van der Waals surface area contributed by atoms with Crippen molar-refractivity contribution >= 4 is 0 Å². The number of halogens is 2. The summed E-state index contributed by atoms with van der Waals surface area (Å²) in [5.41, 5.74) is -2.20. The van der Waals surface area contributed by atoms with E-state index in [2.05, 4.69) is 4.98 Å². The first-order valence-electron chi connectivity index (χ1n) is 5.40. The minimum Gasteiger partial charge on any atom is -0.393 e. The summed E-state index contributed by atoms with van der Waals surface area (Å²) in [4.78, 5) is 3.24. The van der Waals surface area contributed by atoms with Crippen LogP contribution in [0.3, 0.4) is 0 Å². The predicted molar refractivity (Wildman–Crippen MR) is 59.7 cm³/mol. The second kappa shape index (κ2) is 7.28. The number of aromatic nitrogens is 1. The van der Waals surface area contributed by atoms with Gasteiger partial charge in [-0.2, -0.15) is 10.5 Å². The first kappa shape index (κ1) is 18.4. The van der Waals surface area contributed by atoms with Gasteiger partial charge in [0.1, 0.15) is 12.1 Å². The molecule has 2 N–H and O–H groups in total. The molecule has 2 unspecified atom stereocenters. The van der Waals surface area contributed by atoms with Gasteiger partial charge in [0.25, 0.3) is 0 Å². The van der Waals surface area contributed by atoms with Gasteiger partial charge in [-0.05, 0) is 13.8 Å². The molecule has 1 aromatic rings. The third kappa shape index (κ3) is 3.30. The van der Waals surface area contributed by atoms with Gasteiger partial charge in [0.05, 0.1) is 12.2 Å². The minimum atomic E-state index is -1.30. The fourth-order valence-corrected chi connectivity index (χ4v) is 1.89. The number of aliphatic hydroxyl groups is 2. The standard InChI is InChI=1S/C12H11F2N3O2.Fe/c1-5(18)9(6(2)19)10-11(13)7(3-15)17-8(4-16)12(10)14;/h5-6,9,18-19H,1-2H3;. The van der Waals surface area contributed by atoms with Crippen LogP contribution >= 0.6 is 0 Å². The van der Waals surface area contributed by atoms with Crippen LogP contribution in [0.15, 0.2) is 0 Å². The number of hydrogen-bond acceptors (Lipinski definition) is 5. The SMILES string of the molecule is CC(O)C(c1c(F)c(C#N)nc(C#N)c1F)C(C)O.[Fe]. The van der Waals surface area contributed by atoms with Crippen LogP contribution < -0.4 is 0 Å². The Labute approximate surface area is 125 Å². The molecule has 0 bridgehead atoms. The van der Waals surface area contributed by atoms with Crippen molar-refractivity contribution in [2.24, 2.45) is 0 Å². The summed E-state index contributed by atoms with van der Waals surface area (Å²) in [6.45, 7) is 2.49. The first-order valence-corrected chi connectivity index (χ1v) is 5.40. The average Bonchev–Trinajstić information content (AvgIpc) is 2.33. The number of pyridine rings is 1. The van der Waals surface area contributed by atoms with Crippen molar-refractivity contribution in [3.63, 3.8) is 0 Å². The van der Waals surface area contributed by atoms with Crippen LogP contribution in [-0.4, -0.2) is 27.4 Å². The number of hydrogen-bond donors (Lipinski definition) is 2. The van der Waals surface area contributed by atoms with E-state index >= 15 is 0 Å². The third-order valence-electron chi connectivity index (χ3n) is 2.70. The molecule has 0 spiro atoms. The van der Waals surface area contributed by atoms with E-state index in [1.54, 1.807) is 0 Å². The molecular formula is C12H11F2FeN3O2. The number of aliphatic hydroxyl groups excluding tert-OH is 2. The summed E-state index contributed by atoms with van der Waals surface area (Å²) in [5, 5.41) is 36.5. The topological polar surface area (TPSA) is 101 Å². The molecule has 20 heavy (non-hydrogen) atoms. The van der Waals surface area contributed by atoms with Crippen LogP contribution in [0, 0.1) is 34.3 Å². The first-order chi connectivity index (χ1) is 8.84. The normalized spacial score (nSPS) is 14.4. The summed E-state index contributed by atoms with van der Waals surface area (Å²) in [6.07, 6.45) is -2.55. The summed E-state index contributed by atoms with van der Waals surface area (Å²) >= 11 is 0. The van der Waals surface area contributed by atoms with Gasteiger partial charge in [0.15, 0.2) is 23.0 Å². The van der Waals surface area contributed by atoms with Gasteiger partial charge < -0.3 is 10.2 Å². The van der Waals surface area contributed by atoms with Gasteiger partial charge in [-0.3, -0.25) is 0 Å². The molecule has 0 aliphatic heterocycles. The van der Waals surface area contributed by atoms with E-state index < -0.39 is 46.7 Å². The van der Waals surface area contributed by atoms with Crippen LogP contribution in [0.25, 0.3) is 0 Å². The van der Waals surface area contributed by atoms with Gasteiger partial charge in [-0.25, -0.2) is 13.8 Å². The number of nitrogens with zero attached hydrogens (tertiary/aromatic N) is 3. The second-order valence-electron chi connectivity index (χ2n) is 4.08. The summed E-state index contributed by atoms with van der Waals surface area (Å²) in [7, 11) is 0. The van der Waals surface area contributed by atoms with Crippen molar-refractivity contribution in [3.8, 4) is 12.1 Å². The van der Waals surface area contributed by atoms with E-state index in [9.17, 15) is 19.0 Å². The quantitative estimate of drug-likeness (QED) is 0.807. The Bertz CT molecular complexity index is 533. The molecule has 0 saturated carbocycles. The Balaban J connectivity index is 0.00000361. The zero-order valence-corrected chi connectivity index (χ0v) is 11.7. The summed E-state index contributed by atoms with van der Waals surface area (Å²) < 4.78 is 27.9. The van der Waals surface area contributed by atoms with Crippen LogP contribution in [0.4, 0.5) is 8.78 Å². The van der Waals surface area contributed by atoms with Crippen molar-refractivity contribution < 1.29 is 36.1 Å². The van der Waals surface area contributed by atoms with Gasteiger partial charge in [-0.15, -0.1) is 0 Å². The molecule has 1 rings (SSSR count). The molecule has 0 saturated heterocycles. The van der Waals surface area contributed by atoms with Crippen LogP contribution in [0.1, 0.15) is 36.7 Å². The fourth-order valence-electron chi connectivity index (χ4n) is 1.89. The predicted octanol–water partition coefficient (Wildman–Crippen LogP) is 0.946. The fraction of sp³-hybridized carbons (Fsp3) is 0.417. The maximum absolute atomic E-state index is 14.0. The largest absolute Gasteiger partial charge is 0.393 e. The Morgan fingerprint density at radius 1 is 1.00 bits per heavy atom. The molecule has 2 atom stereocenters. The van der Waals surface area contributed by atoms with Gasteiger partial charge in [0, 0.05) is 28.6 Å². The van der Waals surface area contributed by atoms with E-state index in [1.165, 1.54) is 26.0 Å². The van der Waals surface area contributed by atoms with Crippen LogP contribution in [-0.2, 0) is 17.1 Å². The number of nitriles is 2. The second-order valence-corrected chi connectivity index (χ2v) is 4.08. The molecule has 108 valence electrons. The minimum absolute atomic E-state index is 0. The Morgan fingerprint density at radius 3 is 1.60 bits per heavy atom. The molecule has 0 aliphatic carbocycles. The van der Waals surface area contributed by atoms with E-state index in [0.29, 0.717) is 0 Å². The Hall–Kier alpha value is -1.57. The third-order valence-corrected chi connectivity index (χ3v) is 2.70. The van der Waals surface area contributed by atoms with Crippen molar-refractivity contribution in [1.29, 1.82) is 10.5 Å². The Kier molecular flexibility index (Phi) is 6.70. The van der Waals surface area contributed by atoms with E-state index in [4.69, 9.17) is 10.5 Å². The average molecular weight is 323 g/mol. The van der Waals surface area contributed by atoms with Gasteiger partial charge in [0.2, 0.25) is 0 Å². The Morgan fingerprint density at radius 2 is 1.35 bits per heavy atom. The molecule has 0 radical (unpaired) electrons. The smallest absolute Gasteiger partial charge is 0.178 e. The molecular weight excluding hydrogens is 312 g/mol. The van der Waals surface area contributed by atoms with E-state index in [-0.39, 0.29) is 17.1 Å². The van der Waals surface area contributed by atoms with Crippen molar-refractivity contribution in [1.82, 2.24) is 4.98 Å². The molecule has 8 heteroatoms. The molecule has 1 heterocycles. The van der Waals surface area contributed by atoms with Crippen molar-refractivity contribution in [3.05, 3.63) is 28.6 Å². The molecule has 5 nitrogen and oxygen atoms in total. The number of rotatable bonds is 3. The zero-order valence-electron chi connectivity index (χ0n) is 10.6. The van der Waals surface area contributed by atoms with Crippen LogP contribution in [0.5, 0.6) is 0 Å². The molecule has 0 aromatic carbocycles. The molecule has 0 aliphatic rings. The maximum atomic E-state index is 14.0. The maximum Gasteiger partial charge on any atom is 0.178 e. The van der Waals surface area contributed by atoms with Crippen LogP contribution in [0.2, 0.25) is 0 Å². The molecule has 1 aromatic heterocycles. The molecule has 0 amide bonds. The van der Waals surface area contributed by atoms with E-state index in [1.807, 2.05) is 0 Å². The van der Waals surface area contributed by atoms with Gasteiger partial charge in [-0.1, -0.05) is 0 Å². The summed E-state index contributed by atoms with van der Waals surface area (Å²) in [6, 6.07) is 2.81. The van der Waals surface area contributed by atoms with E-state index in [0.717, 1.165) is 0 Å². The van der Waals surface area contributed by atoms with Crippen molar-refractivity contribution in [2.75, 3.05) is 0 Å². The summed E-state index contributed by atoms with van der Waals surface area (Å²) in [5.74, 6) is -3.85. The molecule has 0 fully saturated rings. The van der Waals surface area contributed by atoms with Crippen molar-refractivity contribution in [2.45, 2.75) is 32.0 Å².